The fraction of sp³-hybridized carbons (Fsp3) is 0.471. The summed E-state index contributed by atoms with van der Waals surface area (Å²) < 4.78 is 5.36. The zero-order chi connectivity index (χ0) is 17.1. The molecule has 1 aromatic carbocycles. The van der Waals surface area contributed by atoms with Crippen molar-refractivity contribution in [2.45, 2.75) is 19.4 Å². The monoisotopic (exact) mass is 348 g/mol. The Balaban J connectivity index is 1.64. The van der Waals surface area contributed by atoms with Gasteiger partial charge in [-0.2, -0.15) is 4.98 Å². The van der Waals surface area contributed by atoms with Gasteiger partial charge in [0.1, 0.15) is 0 Å². The molecule has 6 nitrogen and oxygen atoms in total. The lowest BCUT2D eigenvalue weighted by molar-refractivity contribution is -0.134. The minimum Gasteiger partial charge on any atom is -0.349 e. The van der Waals surface area contributed by atoms with E-state index in [0.717, 1.165) is 31.5 Å². The SMILES string of the molecule is CN(C)C(=O)C1CCCN(Cc2nc(-c3ccc(Cl)cc3)no2)C1. The van der Waals surface area contributed by atoms with Gasteiger partial charge in [-0.25, -0.2) is 0 Å². The van der Waals surface area contributed by atoms with Gasteiger partial charge in [-0.3, -0.25) is 9.69 Å². The first-order chi connectivity index (χ1) is 11.5. The molecule has 2 aromatic rings. The van der Waals surface area contributed by atoms with Crippen molar-refractivity contribution in [3.05, 3.63) is 35.2 Å². The van der Waals surface area contributed by atoms with Crippen molar-refractivity contribution < 1.29 is 9.32 Å². The van der Waals surface area contributed by atoms with Crippen LogP contribution in [0.25, 0.3) is 11.4 Å². The smallest absolute Gasteiger partial charge is 0.241 e. The van der Waals surface area contributed by atoms with Gasteiger partial charge < -0.3 is 9.42 Å². The molecule has 0 N–H and O–H groups in total. The molecule has 0 saturated carbocycles. The molecule has 7 heteroatoms. The molecule has 1 amide bonds. The van der Waals surface area contributed by atoms with E-state index in [-0.39, 0.29) is 11.8 Å². The Morgan fingerprint density at radius 3 is 2.83 bits per heavy atom. The van der Waals surface area contributed by atoms with Crippen LogP contribution < -0.4 is 0 Å². The van der Waals surface area contributed by atoms with Crippen LogP contribution in [0.4, 0.5) is 0 Å². The summed E-state index contributed by atoms with van der Waals surface area (Å²) in [5, 5.41) is 4.71. The van der Waals surface area contributed by atoms with Crippen LogP contribution in [0, 0.1) is 5.92 Å². The van der Waals surface area contributed by atoms with Crippen molar-refractivity contribution in [1.29, 1.82) is 0 Å². The molecule has 24 heavy (non-hydrogen) atoms. The number of aromatic nitrogens is 2. The lowest BCUT2D eigenvalue weighted by atomic mass is 9.97. The number of benzene rings is 1. The lowest BCUT2D eigenvalue weighted by Gasteiger charge is -2.32. The quantitative estimate of drug-likeness (QED) is 0.850. The van der Waals surface area contributed by atoms with E-state index in [1.165, 1.54) is 0 Å². The molecule has 1 fully saturated rings. The molecule has 1 aliphatic rings. The van der Waals surface area contributed by atoms with E-state index >= 15 is 0 Å². The van der Waals surface area contributed by atoms with E-state index in [9.17, 15) is 4.79 Å². The second-order valence-corrected chi connectivity index (χ2v) is 6.76. The molecule has 1 atom stereocenters. The summed E-state index contributed by atoms with van der Waals surface area (Å²) in [7, 11) is 3.61. The van der Waals surface area contributed by atoms with Gasteiger partial charge in [-0.05, 0) is 43.7 Å². The second kappa shape index (κ2) is 7.32. The van der Waals surface area contributed by atoms with Crippen LogP contribution in [0.15, 0.2) is 28.8 Å². The third kappa shape index (κ3) is 3.94. The number of carbonyl (C=O) groups is 1. The molecule has 128 valence electrons. The summed E-state index contributed by atoms with van der Waals surface area (Å²) in [6.45, 7) is 2.24. The van der Waals surface area contributed by atoms with Gasteiger partial charge in [0, 0.05) is 31.2 Å². The Labute approximate surface area is 146 Å². The number of hydrogen-bond acceptors (Lipinski definition) is 5. The fourth-order valence-electron chi connectivity index (χ4n) is 2.99. The van der Waals surface area contributed by atoms with Crippen molar-refractivity contribution in [2.24, 2.45) is 5.92 Å². The summed E-state index contributed by atoms with van der Waals surface area (Å²) in [5.74, 6) is 1.36. The van der Waals surface area contributed by atoms with E-state index < -0.39 is 0 Å². The van der Waals surface area contributed by atoms with Gasteiger partial charge in [-0.1, -0.05) is 16.8 Å². The Bertz CT molecular complexity index is 699. The van der Waals surface area contributed by atoms with Gasteiger partial charge in [0.15, 0.2) is 0 Å². The topological polar surface area (TPSA) is 62.5 Å². The maximum absolute atomic E-state index is 12.1. The highest BCUT2D eigenvalue weighted by Crippen LogP contribution is 2.22. The number of piperidine rings is 1. The predicted octanol–water partition coefficient (Wildman–Crippen LogP) is 2.69. The van der Waals surface area contributed by atoms with Crippen LogP contribution in [0.1, 0.15) is 18.7 Å². The zero-order valence-electron chi connectivity index (χ0n) is 13.9. The van der Waals surface area contributed by atoms with Crippen LogP contribution in [-0.2, 0) is 11.3 Å². The average molecular weight is 349 g/mol. The molecule has 2 heterocycles. The zero-order valence-corrected chi connectivity index (χ0v) is 14.7. The van der Waals surface area contributed by atoms with Crippen molar-refractivity contribution in [1.82, 2.24) is 19.9 Å². The summed E-state index contributed by atoms with van der Waals surface area (Å²) in [5.41, 5.74) is 0.869. The van der Waals surface area contributed by atoms with Crippen LogP contribution in [-0.4, -0.2) is 53.0 Å². The lowest BCUT2D eigenvalue weighted by Crippen LogP contribution is -2.42. The normalized spacial score (nSPS) is 18.5. The summed E-state index contributed by atoms with van der Waals surface area (Å²) >= 11 is 5.89. The van der Waals surface area contributed by atoms with Gasteiger partial charge in [0.25, 0.3) is 0 Å². The number of amides is 1. The van der Waals surface area contributed by atoms with E-state index in [1.54, 1.807) is 31.1 Å². The summed E-state index contributed by atoms with van der Waals surface area (Å²) in [6.07, 6.45) is 1.94. The fourth-order valence-corrected chi connectivity index (χ4v) is 3.12. The van der Waals surface area contributed by atoms with Crippen LogP contribution in [0.2, 0.25) is 5.02 Å². The summed E-state index contributed by atoms with van der Waals surface area (Å²) in [6, 6.07) is 7.33. The van der Waals surface area contributed by atoms with Gasteiger partial charge >= 0.3 is 0 Å². The number of rotatable bonds is 4. The maximum atomic E-state index is 12.1. The van der Waals surface area contributed by atoms with E-state index in [0.29, 0.717) is 23.3 Å². The van der Waals surface area contributed by atoms with Crippen LogP contribution in [0.3, 0.4) is 0 Å². The first-order valence-corrected chi connectivity index (χ1v) is 8.43. The Morgan fingerprint density at radius 1 is 1.38 bits per heavy atom. The third-order valence-corrected chi connectivity index (χ3v) is 4.48. The first kappa shape index (κ1) is 16.9. The van der Waals surface area contributed by atoms with Crippen LogP contribution in [0.5, 0.6) is 0 Å². The van der Waals surface area contributed by atoms with Gasteiger partial charge in [0.05, 0.1) is 12.5 Å². The van der Waals surface area contributed by atoms with Gasteiger partial charge in [-0.15, -0.1) is 0 Å². The minimum absolute atomic E-state index is 0.0485. The van der Waals surface area contributed by atoms with Crippen molar-refractivity contribution in [3.8, 4) is 11.4 Å². The highest BCUT2D eigenvalue weighted by molar-refractivity contribution is 6.30. The molecule has 1 unspecified atom stereocenters. The Kier molecular flexibility index (Phi) is 5.16. The molecule has 0 radical (unpaired) electrons. The number of likely N-dealkylation sites (tertiary alicyclic amines) is 1. The maximum Gasteiger partial charge on any atom is 0.241 e. The van der Waals surface area contributed by atoms with E-state index in [1.807, 2.05) is 12.1 Å². The molecule has 1 aromatic heterocycles. The highest BCUT2D eigenvalue weighted by Gasteiger charge is 2.27. The van der Waals surface area contributed by atoms with Crippen molar-refractivity contribution >= 4 is 17.5 Å². The summed E-state index contributed by atoms with van der Waals surface area (Å²) in [4.78, 5) is 20.5. The molecule has 0 spiro atoms. The highest BCUT2D eigenvalue weighted by atomic mass is 35.5. The molecular formula is C17H21ClN4O2. The molecule has 0 bridgehead atoms. The average Bonchev–Trinajstić information content (AvgIpc) is 3.03. The molecular weight excluding hydrogens is 328 g/mol. The minimum atomic E-state index is 0.0485. The molecule has 1 saturated heterocycles. The number of nitrogens with zero attached hydrogens (tertiary/aromatic N) is 4. The van der Waals surface area contributed by atoms with Gasteiger partial charge in [0.2, 0.25) is 17.6 Å². The molecule has 3 rings (SSSR count). The largest absolute Gasteiger partial charge is 0.349 e. The Hall–Kier alpha value is -1.92. The van der Waals surface area contributed by atoms with E-state index in [2.05, 4.69) is 15.0 Å². The standard InChI is InChI=1S/C17H21ClN4O2/c1-21(2)17(23)13-4-3-9-22(10-13)11-15-19-16(20-24-15)12-5-7-14(18)8-6-12/h5-8,13H,3-4,9-11H2,1-2H3. The number of hydrogen-bond donors (Lipinski definition) is 0. The van der Waals surface area contributed by atoms with Crippen molar-refractivity contribution in [2.75, 3.05) is 27.2 Å². The Morgan fingerprint density at radius 2 is 2.12 bits per heavy atom. The number of halogens is 1. The third-order valence-electron chi connectivity index (χ3n) is 4.22. The molecule has 1 aliphatic heterocycles. The van der Waals surface area contributed by atoms with E-state index in [4.69, 9.17) is 16.1 Å². The first-order valence-electron chi connectivity index (χ1n) is 8.05. The second-order valence-electron chi connectivity index (χ2n) is 6.33. The predicted molar refractivity (Wildman–Crippen MR) is 91.4 cm³/mol. The molecule has 0 aliphatic carbocycles. The van der Waals surface area contributed by atoms with Crippen LogP contribution >= 0.6 is 11.6 Å². The van der Waals surface area contributed by atoms with Crippen molar-refractivity contribution in [3.63, 3.8) is 0 Å². The number of carbonyl (C=O) groups excluding carboxylic acids is 1.